The maximum absolute atomic E-state index is 11.0. The van der Waals surface area contributed by atoms with Gasteiger partial charge in [0.25, 0.3) is 0 Å². The number of nitriles is 1. The molecule has 4 aromatic heterocycles. The number of benzene rings is 8. The predicted molar refractivity (Wildman–Crippen MR) is 237 cm³/mol. The number of fused-ring (bicyclic) bond motifs is 13. The Bertz CT molecular complexity index is 3640. The molecule has 0 atom stereocenters. The highest BCUT2D eigenvalue weighted by Crippen LogP contribution is 2.51. The quantitative estimate of drug-likeness (QED) is 0.180. The molecule has 0 bridgehead atoms. The maximum atomic E-state index is 11.0. The van der Waals surface area contributed by atoms with Crippen LogP contribution in [0.1, 0.15) is 5.56 Å². The van der Waals surface area contributed by atoms with Crippen molar-refractivity contribution in [2.75, 3.05) is 0 Å². The molecule has 0 amide bonds. The van der Waals surface area contributed by atoms with Crippen molar-refractivity contribution in [3.63, 3.8) is 0 Å². The molecule has 12 rings (SSSR count). The minimum absolute atomic E-state index is 0.533. The fourth-order valence-corrected chi connectivity index (χ4v) is 10.2. The average molecular weight is 744 g/mol. The number of aromatic nitrogens is 4. The summed E-state index contributed by atoms with van der Waals surface area (Å²) in [6.07, 6.45) is 0. The van der Waals surface area contributed by atoms with Crippen LogP contribution in [0.5, 0.6) is 0 Å². The summed E-state index contributed by atoms with van der Waals surface area (Å²) in [5.41, 5.74) is 11.8. The number of para-hydroxylation sites is 5. The van der Waals surface area contributed by atoms with Crippen molar-refractivity contribution in [3.8, 4) is 40.0 Å². The van der Waals surface area contributed by atoms with Crippen molar-refractivity contribution in [1.29, 1.82) is 5.26 Å². The lowest BCUT2D eigenvalue weighted by atomic mass is 9.99. The lowest BCUT2D eigenvalue weighted by Crippen LogP contribution is -2.00. The first-order valence-corrected chi connectivity index (χ1v) is 19.8. The van der Waals surface area contributed by atoms with Crippen LogP contribution < -0.4 is 0 Å². The predicted octanol–water partition coefficient (Wildman–Crippen LogP) is 13.4. The zero-order chi connectivity index (χ0) is 37.6. The molecule has 0 N–H and O–H groups in total. The highest BCUT2D eigenvalue weighted by Gasteiger charge is 2.27. The first-order chi connectivity index (χ1) is 28.3. The Morgan fingerprint density at radius 1 is 0.474 bits per heavy atom. The topological polar surface area (TPSA) is 59.4 Å². The summed E-state index contributed by atoms with van der Waals surface area (Å²) in [6.45, 7) is 0. The van der Waals surface area contributed by atoms with Gasteiger partial charge in [0.1, 0.15) is 0 Å². The van der Waals surface area contributed by atoms with Crippen LogP contribution in [0, 0.1) is 11.3 Å². The maximum Gasteiger partial charge on any atom is 0.0999 e. The van der Waals surface area contributed by atoms with E-state index in [2.05, 4.69) is 130 Å². The SMILES string of the molecule is N#Cc1cc(-n2c3ccccc3c3c4sc5ccccc5c4c4c(c5ccccc5n4-c4ccccc4)c32)ccc1-c1nc2ccccc2nc1-c1ccccc1. The van der Waals surface area contributed by atoms with Crippen LogP contribution in [0.4, 0.5) is 0 Å². The Kier molecular flexibility index (Phi) is 6.80. The van der Waals surface area contributed by atoms with Gasteiger partial charge in [-0.15, -0.1) is 11.3 Å². The summed E-state index contributed by atoms with van der Waals surface area (Å²) in [7, 11) is 0. The molecule has 4 heterocycles. The van der Waals surface area contributed by atoms with E-state index in [1.54, 1.807) is 0 Å². The zero-order valence-electron chi connectivity index (χ0n) is 30.4. The van der Waals surface area contributed by atoms with E-state index < -0.39 is 0 Å². The molecule has 12 aromatic rings. The molecule has 0 aliphatic rings. The molecule has 0 radical (unpaired) electrons. The van der Waals surface area contributed by atoms with E-state index in [-0.39, 0.29) is 0 Å². The van der Waals surface area contributed by atoms with Gasteiger partial charge in [-0.2, -0.15) is 5.26 Å². The van der Waals surface area contributed by atoms with Crippen LogP contribution in [0.3, 0.4) is 0 Å². The van der Waals surface area contributed by atoms with E-state index in [4.69, 9.17) is 9.97 Å². The second-order valence-electron chi connectivity index (χ2n) is 14.4. The van der Waals surface area contributed by atoms with Crippen molar-refractivity contribution in [3.05, 3.63) is 181 Å². The van der Waals surface area contributed by atoms with Crippen molar-refractivity contribution in [2.24, 2.45) is 0 Å². The van der Waals surface area contributed by atoms with E-state index >= 15 is 0 Å². The molecule has 0 aliphatic carbocycles. The molecule has 0 unspecified atom stereocenters. The summed E-state index contributed by atoms with van der Waals surface area (Å²) >= 11 is 1.86. The van der Waals surface area contributed by atoms with Crippen LogP contribution in [0.2, 0.25) is 0 Å². The first kappa shape index (κ1) is 31.7. The highest BCUT2D eigenvalue weighted by atomic mass is 32.1. The van der Waals surface area contributed by atoms with Gasteiger partial charge in [0.15, 0.2) is 0 Å². The van der Waals surface area contributed by atoms with Crippen molar-refractivity contribution < 1.29 is 0 Å². The lowest BCUT2D eigenvalue weighted by molar-refractivity contribution is 1.18. The summed E-state index contributed by atoms with van der Waals surface area (Å²) in [5.74, 6) is 0. The van der Waals surface area contributed by atoms with Gasteiger partial charge in [-0.3, -0.25) is 0 Å². The van der Waals surface area contributed by atoms with Gasteiger partial charge in [0, 0.05) is 64.2 Å². The van der Waals surface area contributed by atoms with E-state index in [0.717, 1.165) is 55.8 Å². The Balaban J connectivity index is 1.23. The Morgan fingerprint density at radius 2 is 1.02 bits per heavy atom. The van der Waals surface area contributed by atoms with Gasteiger partial charge in [-0.05, 0) is 60.7 Å². The summed E-state index contributed by atoms with van der Waals surface area (Å²) in [5, 5.41) is 18.2. The number of thiophene rings is 1. The molecule has 8 aromatic carbocycles. The Hall–Kier alpha value is -7.59. The minimum Gasteiger partial charge on any atom is -0.308 e. The molecule has 57 heavy (non-hydrogen) atoms. The third-order valence-electron chi connectivity index (χ3n) is 11.3. The zero-order valence-corrected chi connectivity index (χ0v) is 31.2. The second kappa shape index (κ2) is 12.2. The molecule has 6 heteroatoms. The summed E-state index contributed by atoms with van der Waals surface area (Å²) in [4.78, 5) is 10.3. The Morgan fingerprint density at radius 3 is 1.72 bits per heavy atom. The van der Waals surface area contributed by atoms with Crippen LogP contribution in [-0.4, -0.2) is 19.1 Å². The average Bonchev–Trinajstić information content (AvgIpc) is 3.94. The largest absolute Gasteiger partial charge is 0.308 e. The monoisotopic (exact) mass is 743 g/mol. The molecule has 0 aliphatic heterocycles. The highest BCUT2D eigenvalue weighted by molar-refractivity contribution is 7.27. The van der Waals surface area contributed by atoms with E-state index in [1.165, 1.54) is 47.2 Å². The molecular formula is C51H29N5S. The van der Waals surface area contributed by atoms with Crippen molar-refractivity contribution in [2.45, 2.75) is 0 Å². The second-order valence-corrected chi connectivity index (χ2v) is 15.5. The van der Waals surface area contributed by atoms with E-state index in [9.17, 15) is 5.26 Å². The third-order valence-corrected chi connectivity index (χ3v) is 12.5. The summed E-state index contributed by atoms with van der Waals surface area (Å²) < 4.78 is 7.34. The molecule has 5 nitrogen and oxygen atoms in total. The molecule has 0 spiro atoms. The van der Waals surface area contributed by atoms with Crippen LogP contribution in [0.15, 0.2) is 176 Å². The number of hydrogen-bond donors (Lipinski definition) is 0. The number of rotatable bonds is 4. The van der Waals surface area contributed by atoms with Crippen molar-refractivity contribution >= 4 is 86.2 Å². The minimum atomic E-state index is 0.533. The van der Waals surface area contributed by atoms with Gasteiger partial charge < -0.3 is 9.13 Å². The molecule has 0 fully saturated rings. The van der Waals surface area contributed by atoms with Gasteiger partial charge in [-0.1, -0.05) is 115 Å². The molecule has 0 saturated carbocycles. The number of hydrogen-bond acceptors (Lipinski definition) is 4. The lowest BCUT2D eigenvalue weighted by Gasteiger charge is -2.15. The molecule has 264 valence electrons. The van der Waals surface area contributed by atoms with Crippen LogP contribution in [-0.2, 0) is 0 Å². The van der Waals surface area contributed by atoms with Crippen LogP contribution >= 0.6 is 11.3 Å². The molecule has 0 saturated heterocycles. The summed E-state index contributed by atoms with van der Waals surface area (Å²) in [6, 6.07) is 63.8. The van der Waals surface area contributed by atoms with Crippen LogP contribution in [0.25, 0.3) is 109 Å². The first-order valence-electron chi connectivity index (χ1n) is 19.0. The Labute approximate surface area is 330 Å². The fourth-order valence-electron chi connectivity index (χ4n) is 8.95. The van der Waals surface area contributed by atoms with E-state index in [1.807, 2.05) is 72.0 Å². The fraction of sp³-hybridized carbons (Fsp3) is 0. The van der Waals surface area contributed by atoms with Gasteiger partial charge in [0.2, 0.25) is 0 Å². The smallest absolute Gasteiger partial charge is 0.0999 e. The van der Waals surface area contributed by atoms with E-state index in [0.29, 0.717) is 11.3 Å². The van der Waals surface area contributed by atoms with Gasteiger partial charge in [-0.25, -0.2) is 9.97 Å². The van der Waals surface area contributed by atoms with Crippen molar-refractivity contribution in [1.82, 2.24) is 19.1 Å². The number of nitrogens with zero attached hydrogens (tertiary/aromatic N) is 5. The standard InChI is InChI=1S/C51H29N5S/c52-30-32-29-34(27-28-35(32)48-47(31-15-3-1-4-16-31)53-39-22-10-11-23-40(39)54-48)56-42-25-13-8-20-37(42)45-49(56)44-36-19-7-12-24-41(36)55(33-17-5-2-6-18-33)50(44)46-38-21-9-14-26-43(38)57-51(45)46/h1-29H. The van der Waals surface area contributed by atoms with Gasteiger partial charge >= 0.3 is 0 Å². The third kappa shape index (κ3) is 4.55. The van der Waals surface area contributed by atoms with Gasteiger partial charge in [0.05, 0.1) is 56.1 Å². The normalized spacial score (nSPS) is 11.8. The molecular weight excluding hydrogens is 715 g/mol.